The summed E-state index contributed by atoms with van der Waals surface area (Å²) in [6, 6.07) is 6.06. The molecule has 0 radical (unpaired) electrons. The van der Waals surface area contributed by atoms with E-state index in [1.54, 1.807) is 26.7 Å². The first-order chi connectivity index (χ1) is 15.7. The number of hydrogen-bond donors (Lipinski definition) is 0. The molecule has 0 N–H and O–H groups in total. The quantitative estimate of drug-likeness (QED) is 0.610. The molecule has 1 fully saturated rings. The third kappa shape index (κ3) is 3.23. The number of methoxy groups -OCH3 is 2. The molecular weight excluding hydrogens is 408 g/mol. The van der Waals surface area contributed by atoms with Crippen LogP contribution >= 0.6 is 0 Å². The van der Waals surface area contributed by atoms with Gasteiger partial charge in [0, 0.05) is 12.1 Å². The molecule has 2 aliphatic rings. The van der Waals surface area contributed by atoms with Crippen LogP contribution in [-0.4, -0.2) is 55.4 Å². The molecule has 9 nitrogen and oxygen atoms in total. The van der Waals surface area contributed by atoms with Crippen molar-refractivity contribution in [1.82, 2.24) is 29.2 Å². The first kappa shape index (κ1) is 20.5. The molecule has 0 bridgehead atoms. The number of amides is 1. The van der Waals surface area contributed by atoms with E-state index >= 15 is 0 Å². The number of benzene rings is 1. The lowest BCUT2D eigenvalue weighted by Crippen LogP contribution is -2.51. The molecule has 3 aromatic rings. The summed E-state index contributed by atoms with van der Waals surface area (Å²) in [7, 11) is 3.25. The van der Waals surface area contributed by atoms with Gasteiger partial charge in [-0.2, -0.15) is 0 Å². The number of carbonyl (C=O) groups excluding carboxylic acids is 1. The zero-order chi connectivity index (χ0) is 22.2. The van der Waals surface area contributed by atoms with Crippen LogP contribution < -0.4 is 9.47 Å². The Labute approximate surface area is 187 Å². The van der Waals surface area contributed by atoms with Crippen LogP contribution in [0.5, 0.6) is 11.5 Å². The van der Waals surface area contributed by atoms with E-state index in [2.05, 4.69) is 19.7 Å². The Kier molecular flexibility index (Phi) is 5.32. The molecule has 1 saturated carbocycles. The number of imidazole rings is 1. The molecule has 0 unspecified atom stereocenters. The van der Waals surface area contributed by atoms with Gasteiger partial charge in [-0.05, 0) is 38.0 Å². The zero-order valence-corrected chi connectivity index (χ0v) is 18.7. The monoisotopic (exact) mass is 436 g/mol. The van der Waals surface area contributed by atoms with Gasteiger partial charge in [0.15, 0.2) is 23.1 Å². The fraction of sp³-hybridized carbons (Fsp3) is 0.478. The van der Waals surface area contributed by atoms with Crippen molar-refractivity contribution in [3.8, 4) is 22.9 Å². The molecule has 0 saturated heterocycles. The third-order valence-electron chi connectivity index (χ3n) is 6.68. The van der Waals surface area contributed by atoms with Gasteiger partial charge in [-0.15, -0.1) is 10.2 Å². The number of fused-ring (bicyclic) bond motifs is 3. The topological polar surface area (TPSA) is 87.3 Å². The summed E-state index contributed by atoms with van der Waals surface area (Å²) in [5.41, 5.74) is 1.56. The highest BCUT2D eigenvalue weighted by atomic mass is 16.5. The minimum atomic E-state index is 0.0168. The summed E-state index contributed by atoms with van der Waals surface area (Å²) in [5, 5.41) is 9.04. The van der Waals surface area contributed by atoms with Crippen molar-refractivity contribution < 1.29 is 14.3 Å². The number of rotatable bonds is 5. The molecule has 2 atom stereocenters. The highest BCUT2D eigenvalue weighted by Crippen LogP contribution is 2.41. The molecule has 3 heterocycles. The molecule has 1 aromatic carbocycles. The van der Waals surface area contributed by atoms with Crippen LogP contribution in [0.25, 0.3) is 11.4 Å². The van der Waals surface area contributed by atoms with Crippen LogP contribution in [0.2, 0.25) is 0 Å². The summed E-state index contributed by atoms with van der Waals surface area (Å²) in [6.07, 6.45) is 7.58. The highest BCUT2D eigenvalue weighted by molar-refractivity contribution is 5.92. The van der Waals surface area contributed by atoms with E-state index in [0.29, 0.717) is 30.3 Å². The Morgan fingerprint density at radius 2 is 1.88 bits per heavy atom. The van der Waals surface area contributed by atoms with E-state index in [-0.39, 0.29) is 18.0 Å². The predicted octanol–water partition coefficient (Wildman–Crippen LogP) is 3.32. The fourth-order valence-corrected chi connectivity index (χ4v) is 5.10. The van der Waals surface area contributed by atoms with E-state index in [9.17, 15) is 4.79 Å². The molecule has 0 spiro atoms. The second-order valence-electron chi connectivity index (χ2n) is 8.30. The summed E-state index contributed by atoms with van der Waals surface area (Å²) < 4.78 is 15.0. The molecule has 2 aromatic heterocycles. The van der Waals surface area contributed by atoms with E-state index in [1.807, 2.05) is 34.6 Å². The normalized spacial score (nSPS) is 19.9. The second kappa shape index (κ2) is 8.29. The molecule has 32 heavy (non-hydrogen) atoms. The lowest BCUT2D eigenvalue weighted by atomic mass is 9.87. The highest BCUT2D eigenvalue weighted by Gasteiger charge is 2.42. The van der Waals surface area contributed by atoms with Gasteiger partial charge in [0.2, 0.25) is 0 Å². The number of hydrogen-bond acceptors (Lipinski definition) is 6. The zero-order valence-electron chi connectivity index (χ0n) is 18.7. The molecule has 1 amide bonds. The van der Waals surface area contributed by atoms with Crippen molar-refractivity contribution in [3.05, 3.63) is 42.2 Å². The number of ether oxygens (including phenoxy) is 2. The van der Waals surface area contributed by atoms with E-state index < -0.39 is 0 Å². The molecule has 9 heteroatoms. The lowest BCUT2D eigenvalue weighted by Gasteiger charge is -2.44. The Morgan fingerprint density at radius 3 is 2.62 bits per heavy atom. The molecule has 1 aliphatic carbocycles. The molecule has 5 rings (SSSR count). The van der Waals surface area contributed by atoms with Gasteiger partial charge < -0.3 is 23.5 Å². The van der Waals surface area contributed by atoms with Crippen molar-refractivity contribution >= 4 is 5.91 Å². The van der Waals surface area contributed by atoms with Crippen molar-refractivity contribution in [2.75, 3.05) is 14.2 Å². The average molecular weight is 437 g/mol. The molecular formula is C23H28N6O3. The Hall–Kier alpha value is -3.36. The van der Waals surface area contributed by atoms with Gasteiger partial charge in [0.1, 0.15) is 5.69 Å². The molecule has 1 aliphatic heterocycles. The van der Waals surface area contributed by atoms with Crippen LogP contribution in [0.1, 0.15) is 55.0 Å². The van der Waals surface area contributed by atoms with Crippen molar-refractivity contribution in [3.63, 3.8) is 0 Å². The van der Waals surface area contributed by atoms with Gasteiger partial charge in [0.05, 0.1) is 45.4 Å². The van der Waals surface area contributed by atoms with Crippen LogP contribution in [-0.2, 0) is 13.1 Å². The summed E-state index contributed by atoms with van der Waals surface area (Å²) in [4.78, 5) is 19.7. The number of aromatic nitrogens is 5. The summed E-state index contributed by atoms with van der Waals surface area (Å²) in [6.45, 7) is 3.17. The van der Waals surface area contributed by atoms with E-state index in [0.717, 1.165) is 42.9 Å². The maximum Gasteiger partial charge on any atom is 0.272 e. The van der Waals surface area contributed by atoms with Crippen LogP contribution in [0.3, 0.4) is 0 Å². The Morgan fingerprint density at radius 1 is 1.09 bits per heavy atom. The summed E-state index contributed by atoms with van der Waals surface area (Å²) in [5.74, 6) is 2.97. The second-order valence-corrected chi connectivity index (χ2v) is 8.30. The Bertz CT molecular complexity index is 1140. The maximum absolute atomic E-state index is 13.5. The van der Waals surface area contributed by atoms with E-state index in [4.69, 9.17) is 9.47 Å². The average Bonchev–Trinajstić information content (AvgIpc) is 3.49. The SMILES string of the molecule is CCn1cncc1C(=O)N1Cc2nnc(-c3ccc(OC)c(OC)c3)n2[C@@H]2CCCC[C@@H]21. The molecule has 168 valence electrons. The van der Waals surface area contributed by atoms with Crippen molar-refractivity contribution in [2.24, 2.45) is 0 Å². The number of carbonyl (C=O) groups is 1. The van der Waals surface area contributed by atoms with Gasteiger partial charge >= 0.3 is 0 Å². The van der Waals surface area contributed by atoms with Gasteiger partial charge in [-0.3, -0.25) is 4.79 Å². The van der Waals surface area contributed by atoms with Crippen molar-refractivity contribution in [2.45, 2.75) is 57.8 Å². The summed E-state index contributed by atoms with van der Waals surface area (Å²) >= 11 is 0. The first-order valence-electron chi connectivity index (χ1n) is 11.1. The number of nitrogens with zero attached hydrogens (tertiary/aromatic N) is 6. The third-order valence-corrected chi connectivity index (χ3v) is 6.68. The minimum absolute atomic E-state index is 0.0168. The maximum atomic E-state index is 13.5. The lowest BCUT2D eigenvalue weighted by molar-refractivity contribution is 0.0410. The van der Waals surface area contributed by atoms with E-state index in [1.165, 1.54) is 0 Å². The Balaban J connectivity index is 1.55. The van der Waals surface area contributed by atoms with Crippen LogP contribution in [0.15, 0.2) is 30.7 Å². The van der Waals surface area contributed by atoms with Gasteiger partial charge in [-0.25, -0.2) is 4.98 Å². The van der Waals surface area contributed by atoms with Gasteiger partial charge in [0.25, 0.3) is 5.91 Å². The van der Waals surface area contributed by atoms with Crippen LogP contribution in [0, 0.1) is 0 Å². The largest absolute Gasteiger partial charge is 0.493 e. The number of aryl methyl sites for hydroxylation is 1. The predicted molar refractivity (Wildman–Crippen MR) is 118 cm³/mol. The smallest absolute Gasteiger partial charge is 0.272 e. The van der Waals surface area contributed by atoms with Crippen molar-refractivity contribution in [1.29, 1.82) is 0 Å². The minimum Gasteiger partial charge on any atom is -0.493 e. The fourth-order valence-electron chi connectivity index (χ4n) is 5.10. The first-order valence-corrected chi connectivity index (χ1v) is 11.1. The standard InChI is InChI=1S/C23H28N6O3/c1-4-27-14-24-12-18(27)23(30)28-13-21-25-26-22(29(21)17-8-6-5-7-16(17)28)15-9-10-19(31-2)20(11-15)32-3/h9-12,14,16-17H,4-8,13H2,1-3H3/t16-,17+/m0/s1. The van der Waals surface area contributed by atoms with Gasteiger partial charge in [-0.1, -0.05) is 12.8 Å². The van der Waals surface area contributed by atoms with Crippen LogP contribution in [0.4, 0.5) is 0 Å².